The number of hydrogen-bond donors (Lipinski definition) is 3. The highest BCUT2D eigenvalue weighted by Gasteiger charge is 2.30. The highest BCUT2D eigenvalue weighted by atomic mass is 32.1. The van der Waals surface area contributed by atoms with Crippen molar-refractivity contribution < 1.29 is 37.1 Å². The van der Waals surface area contributed by atoms with Crippen LogP contribution in [0.3, 0.4) is 0 Å². The number of thiophene rings is 1. The lowest BCUT2D eigenvalue weighted by Gasteiger charge is -2.24. The van der Waals surface area contributed by atoms with E-state index < -0.39 is 24.9 Å². The van der Waals surface area contributed by atoms with Crippen molar-refractivity contribution in [3.63, 3.8) is 0 Å². The van der Waals surface area contributed by atoms with Gasteiger partial charge in [0.25, 0.3) is 0 Å². The highest BCUT2D eigenvalue weighted by molar-refractivity contribution is 7.51. The first-order valence-corrected chi connectivity index (χ1v) is 12.6. The molecule has 0 fully saturated rings. The molecule has 0 amide bonds. The number of nitrogens with two attached hydrogens (primary N) is 1. The van der Waals surface area contributed by atoms with Crippen molar-refractivity contribution in [2.24, 2.45) is 5.73 Å². The van der Waals surface area contributed by atoms with Gasteiger partial charge in [0.1, 0.15) is 5.75 Å². The van der Waals surface area contributed by atoms with Crippen molar-refractivity contribution in [1.29, 1.82) is 0 Å². The molecule has 1 unspecified atom stereocenters. The molecule has 6 nitrogen and oxygen atoms in total. The van der Waals surface area contributed by atoms with E-state index in [4.69, 9.17) is 20.3 Å². The molecule has 2 aromatic rings. The van der Waals surface area contributed by atoms with E-state index in [0.29, 0.717) is 24.1 Å². The van der Waals surface area contributed by atoms with Crippen LogP contribution < -0.4 is 10.5 Å². The van der Waals surface area contributed by atoms with Crippen LogP contribution in [0.4, 0.5) is 13.2 Å². The number of halogens is 3. The van der Waals surface area contributed by atoms with Crippen molar-refractivity contribution in [3.8, 4) is 5.75 Å². The summed E-state index contributed by atoms with van der Waals surface area (Å²) in [6.07, 6.45) is -2.83. The summed E-state index contributed by atoms with van der Waals surface area (Å²) in [5.74, 6) is 0.0279. The van der Waals surface area contributed by atoms with Gasteiger partial charge < -0.3 is 20.3 Å². The van der Waals surface area contributed by atoms with Crippen LogP contribution >= 0.6 is 18.9 Å². The van der Waals surface area contributed by atoms with Gasteiger partial charge in [0.2, 0.25) is 0 Å². The normalized spacial score (nSPS) is 14.2. The Morgan fingerprint density at radius 2 is 1.91 bits per heavy atom. The maximum atomic E-state index is 12.7. The van der Waals surface area contributed by atoms with Crippen molar-refractivity contribution >= 4 is 24.7 Å². The molecule has 0 spiro atoms. The van der Waals surface area contributed by atoms with Gasteiger partial charge in [0, 0.05) is 16.8 Å². The minimum atomic E-state index is -4.44. The fraction of sp³-hybridized carbons (Fsp3) is 0.476. The third kappa shape index (κ3) is 9.42. The summed E-state index contributed by atoms with van der Waals surface area (Å²) in [5, 5.41) is 0. The molecule has 0 saturated heterocycles. The van der Waals surface area contributed by atoms with E-state index in [1.807, 2.05) is 6.07 Å². The first-order chi connectivity index (χ1) is 14.8. The van der Waals surface area contributed by atoms with Gasteiger partial charge in [0.15, 0.2) is 5.78 Å². The SMILES string of the molecule is CC(N)(CCc1ccc(C(=O)CCCOc2cccc(C(F)(F)F)c2)s1)CCP(=O)(O)O. The minimum Gasteiger partial charge on any atom is -0.494 e. The number of carbonyl (C=O) groups excluding carboxylic acids is 1. The third-order valence-corrected chi connectivity index (χ3v) is 6.82. The smallest absolute Gasteiger partial charge is 0.416 e. The van der Waals surface area contributed by atoms with Gasteiger partial charge in [-0.25, -0.2) is 0 Å². The summed E-state index contributed by atoms with van der Waals surface area (Å²) in [5.41, 5.74) is 4.61. The zero-order chi connectivity index (χ0) is 24.0. The van der Waals surface area contributed by atoms with Gasteiger partial charge >= 0.3 is 13.8 Å². The maximum Gasteiger partial charge on any atom is 0.416 e. The Morgan fingerprint density at radius 1 is 1.19 bits per heavy atom. The average molecular weight is 493 g/mol. The van der Waals surface area contributed by atoms with Gasteiger partial charge in [0.05, 0.1) is 23.2 Å². The van der Waals surface area contributed by atoms with Crippen LogP contribution in [0.15, 0.2) is 36.4 Å². The zero-order valence-corrected chi connectivity index (χ0v) is 19.3. The van der Waals surface area contributed by atoms with Crippen molar-refractivity contribution in [2.75, 3.05) is 12.8 Å². The summed E-state index contributed by atoms with van der Waals surface area (Å²) in [4.78, 5) is 31.9. The summed E-state index contributed by atoms with van der Waals surface area (Å²) in [7, 11) is -4.09. The molecule has 1 aromatic heterocycles. The van der Waals surface area contributed by atoms with Gasteiger partial charge in [-0.2, -0.15) is 13.2 Å². The van der Waals surface area contributed by atoms with Crippen LogP contribution in [0.2, 0.25) is 0 Å². The third-order valence-electron chi connectivity index (χ3n) is 4.83. The van der Waals surface area contributed by atoms with E-state index in [1.165, 1.54) is 23.5 Å². The fourth-order valence-electron chi connectivity index (χ4n) is 2.91. The summed E-state index contributed by atoms with van der Waals surface area (Å²) in [6.45, 7) is 1.86. The predicted octanol–water partition coefficient (Wildman–Crippen LogP) is 5.03. The largest absolute Gasteiger partial charge is 0.494 e. The molecule has 0 aliphatic heterocycles. The second kappa shape index (κ2) is 10.9. The molecule has 1 heterocycles. The van der Waals surface area contributed by atoms with Gasteiger partial charge in [-0.3, -0.25) is 9.36 Å². The van der Waals surface area contributed by atoms with E-state index in [1.54, 1.807) is 13.0 Å². The zero-order valence-electron chi connectivity index (χ0n) is 17.6. The lowest BCUT2D eigenvalue weighted by atomic mass is 9.94. The molecule has 0 aliphatic carbocycles. The van der Waals surface area contributed by atoms with Crippen LogP contribution in [0.5, 0.6) is 5.75 Å². The molecule has 0 saturated carbocycles. The molecule has 0 aliphatic rings. The van der Waals surface area contributed by atoms with E-state index in [9.17, 15) is 22.5 Å². The number of ketones is 1. The Kier molecular flexibility index (Phi) is 9.07. The standard InChI is InChI=1S/C21H27F3NO5PS/c1-20(25,11-13-31(27,28)29)10-9-17-7-8-19(32-17)18(26)6-3-12-30-16-5-2-4-15(14-16)21(22,23)24/h2,4-5,7-8,14H,3,6,9-13,25H2,1H3,(H2,27,28,29). The molecular weight excluding hydrogens is 466 g/mol. The molecule has 32 heavy (non-hydrogen) atoms. The van der Waals surface area contributed by atoms with Gasteiger partial charge in [-0.15, -0.1) is 11.3 Å². The fourth-order valence-corrected chi connectivity index (χ4v) is 4.68. The van der Waals surface area contributed by atoms with Gasteiger partial charge in [-0.1, -0.05) is 6.07 Å². The summed E-state index contributed by atoms with van der Waals surface area (Å²) >= 11 is 1.34. The first-order valence-electron chi connectivity index (χ1n) is 10.0. The monoisotopic (exact) mass is 493 g/mol. The molecule has 4 N–H and O–H groups in total. The van der Waals surface area contributed by atoms with Crippen LogP contribution in [-0.2, 0) is 17.2 Å². The predicted molar refractivity (Wildman–Crippen MR) is 117 cm³/mol. The molecule has 0 bridgehead atoms. The van der Waals surface area contributed by atoms with E-state index in [0.717, 1.165) is 17.0 Å². The molecule has 11 heteroatoms. The van der Waals surface area contributed by atoms with Crippen LogP contribution in [0.25, 0.3) is 0 Å². The Balaban J connectivity index is 1.76. The first kappa shape index (κ1) is 26.5. The second-order valence-electron chi connectivity index (χ2n) is 7.96. The van der Waals surface area contributed by atoms with Crippen molar-refractivity contribution in [3.05, 3.63) is 51.7 Å². The van der Waals surface area contributed by atoms with Gasteiger partial charge in [-0.05, 0) is 62.9 Å². The number of hydrogen-bond acceptors (Lipinski definition) is 5. The Hall–Kier alpha value is -1.71. The number of Topliss-reactive ketones (excluding diaryl/α,β-unsaturated/α-hetero) is 1. The molecule has 1 aromatic carbocycles. The minimum absolute atomic E-state index is 0.0779. The van der Waals surface area contributed by atoms with E-state index >= 15 is 0 Å². The second-order valence-corrected chi connectivity index (χ2v) is 10.9. The summed E-state index contributed by atoms with van der Waals surface area (Å²) in [6, 6.07) is 8.16. The van der Waals surface area contributed by atoms with Crippen LogP contribution in [0.1, 0.15) is 52.7 Å². The number of carbonyl (C=O) groups is 1. The number of benzene rings is 1. The Morgan fingerprint density at radius 3 is 2.56 bits per heavy atom. The Labute approximate surface area is 188 Å². The average Bonchev–Trinajstić information content (AvgIpc) is 3.17. The summed E-state index contributed by atoms with van der Waals surface area (Å²) < 4.78 is 54.5. The lowest BCUT2D eigenvalue weighted by molar-refractivity contribution is -0.137. The molecular formula is C21H27F3NO5PS. The lowest BCUT2D eigenvalue weighted by Crippen LogP contribution is -2.37. The maximum absolute atomic E-state index is 12.7. The van der Waals surface area contributed by atoms with Crippen molar-refractivity contribution in [2.45, 2.75) is 50.7 Å². The van der Waals surface area contributed by atoms with Crippen LogP contribution in [-0.4, -0.2) is 33.9 Å². The number of ether oxygens (including phenoxy) is 1. The molecule has 2 rings (SSSR count). The number of rotatable bonds is 12. The quantitative estimate of drug-likeness (QED) is 0.217. The number of aryl methyl sites for hydroxylation is 1. The van der Waals surface area contributed by atoms with E-state index in [2.05, 4.69) is 0 Å². The molecule has 178 valence electrons. The topological polar surface area (TPSA) is 110 Å². The van der Waals surface area contributed by atoms with Crippen molar-refractivity contribution in [1.82, 2.24) is 0 Å². The van der Waals surface area contributed by atoms with Crippen LogP contribution in [0, 0.1) is 0 Å². The highest BCUT2D eigenvalue weighted by Crippen LogP contribution is 2.37. The Bertz CT molecular complexity index is 955. The molecule has 0 radical (unpaired) electrons. The number of alkyl halides is 3. The molecule has 1 atom stereocenters. The van der Waals surface area contributed by atoms with E-state index in [-0.39, 0.29) is 37.1 Å².